The summed E-state index contributed by atoms with van der Waals surface area (Å²) in [5, 5.41) is 3.22. The van der Waals surface area contributed by atoms with E-state index in [0.29, 0.717) is 0 Å². The van der Waals surface area contributed by atoms with Crippen molar-refractivity contribution in [2.75, 3.05) is 23.9 Å². The second-order valence-corrected chi connectivity index (χ2v) is 5.44. The monoisotopic (exact) mass is 337 g/mol. The van der Waals surface area contributed by atoms with E-state index >= 15 is 0 Å². The molecule has 1 aromatic heterocycles. The molecule has 0 spiro atoms. The van der Waals surface area contributed by atoms with Gasteiger partial charge in [-0.2, -0.15) is 11.8 Å². The molecule has 1 aromatic rings. The second kappa shape index (κ2) is 8.15. The zero-order valence-corrected chi connectivity index (χ0v) is 11.8. The maximum Gasteiger partial charge on any atom is 0.222 e. The maximum absolute atomic E-state index is 4.18. The van der Waals surface area contributed by atoms with Crippen LogP contribution in [0, 0.1) is 3.57 Å². The van der Waals surface area contributed by atoms with Crippen molar-refractivity contribution in [3.8, 4) is 0 Å². The van der Waals surface area contributed by atoms with Crippen LogP contribution in [0.3, 0.4) is 0 Å². The first kappa shape index (κ1) is 13.0. The molecule has 0 aromatic carbocycles. The summed E-state index contributed by atoms with van der Waals surface area (Å²) in [5.41, 5.74) is 0. The molecule has 0 saturated heterocycles. The lowest BCUT2D eigenvalue weighted by molar-refractivity contribution is 0.746. The molecule has 0 aliphatic heterocycles. The highest BCUT2D eigenvalue weighted by atomic mass is 127. The first-order valence-corrected chi connectivity index (χ1v) is 7.50. The van der Waals surface area contributed by atoms with Crippen molar-refractivity contribution < 1.29 is 0 Å². The first-order valence-electron chi connectivity index (χ1n) is 5.03. The van der Waals surface area contributed by atoms with Crippen LogP contribution < -0.4 is 5.32 Å². The Morgan fingerprint density at radius 1 is 1.27 bits per heavy atom. The van der Waals surface area contributed by atoms with Gasteiger partial charge in [-0.25, -0.2) is 9.97 Å². The zero-order valence-electron chi connectivity index (χ0n) is 8.87. The number of nitrogens with zero attached hydrogens (tertiary/aromatic N) is 2. The molecule has 15 heavy (non-hydrogen) atoms. The molecule has 5 heteroatoms. The van der Waals surface area contributed by atoms with Crippen LogP contribution in [0.25, 0.3) is 0 Å². The van der Waals surface area contributed by atoms with Crippen molar-refractivity contribution >= 4 is 40.3 Å². The molecule has 0 radical (unpaired) electrons. The van der Waals surface area contributed by atoms with Gasteiger partial charge in [0.15, 0.2) is 0 Å². The fourth-order valence-corrected chi connectivity index (χ4v) is 1.92. The van der Waals surface area contributed by atoms with Crippen molar-refractivity contribution in [3.05, 3.63) is 16.0 Å². The number of halogens is 1. The molecular formula is C10H16IN3S. The molecule has 0 aliphatic rings. The van der Waals surface area contributed by atoms with E-state index in [0.717, 1.165) is 16.1 Å². The molecule has 3 nitrogen and oxygen atoms in total. The highest BCUT2D eigenvalue weighted by Crippen LogP contribution is 2.04. The summed E-state index contributed by atoms with van der Waals surface area (Å²) in [6.45, 7) is 0.967. The third-order valence-corrected chi connectivity index (χ3v) is 3.18. The van der Waals surface area contributed by atoms with Crippen LogP contribution in [0.4, 0.5) is 5.95 Å². The number of thioether (sulfide) groups is 1. The van der Waals surface area contributed by atoms with Crippen molar-refractivity contribution in [3.63, 3.8) is 0 Å². The molecule has 84 valence electrons. The molecule has 0 fully saturated rings. The third kappa shape index (κ3) is 6.19. The highest BCUT2D eigenvalue weighted by molar-refractivity contribution is 14.1. The summed E-state index contributed by atoms with van der Waals surface area (Å²) in [5.74, 6) is 2.00. The molecule has 0 atom stereocenters. The van der Waals surface area contributed by atoms with Gasteiger partial charge in [-0.1, -0.05) is 6.42 Å². The van der Waals surface area contributed by atoms with Crippen LogP contribution in [0.15, 0.2) is 12.4 Å². The summed E-state index contributed by atoms with van der Waals surface area (Å²) < 4.78 is 1.07. The van der Waals surface area contributed by atoms with Crippen LogP contribution >= 0.6 is 34.4 Å². The van der Waals surface area contributed by atoms with Gasteiger partial charge < -0.3 is 5.32 Å². The Labute approximate surface area is 109 Å². The number of rotatable bonds is 7. The standard InChI is InChI=1S/C10H16IN3S/c1-15-6-4-2-3-5-12-10-13-7-9(11)8-14-10/h7-8H,2-6H2,1H3,(H,12,13,14). The molecule has 0 bridgehead atoms. The van der Waals surface area contributed by atoms with E-state index in [4.69, 9.17) is 0 Å². The molecular weight excluding hydrogens is 321 g/mol. The van der Waals surface area contributed by atoms with Gasteiger partial charge in [0, 0.05) is 22.5 Å². The van der Waals surface area contributed by atoms with Crippen LogP contribution in [0.5, 0.6) is 0 Å². The molecule has 1 N–H and O–H groups in total. The number of aromatic nitrogens is 2. The lowest BCUT2D eigenvalue weighted by Gasteiger charge is -2.03. The molecule has 0 unspecified atom stereocenters. The largest absolute Gasteiger partial charge is 0.354 e. The van der Waals surface area contributed by atoms with E-state index in [9.17, 15) is 0 Å². The minimum absolute atomic E-state index is 0.736. The Bertz CT molecular complexity index is 266. The van der Waals surface area contributed by atoms with Gasteiger partial charge in [0.2, 0.25) is 5.95 Å². The van der Waals surface area contributed by atoms with E-state index in [2.05, 4.69) is 44.1 Å². The van der Waals surface area contributed by atoms with Gasteiger partial charge in [0.1, 0.15) is 0 Å². The minimum Gasteiger partial charge on any atom is -0.354 e. The number of hydrogen-bond acceptors (Lipinski definition) is 4. The Morgan fingerprint density at radius 2 is 2.00 bits per heavy atom. The normalized spacial score (nSPS) is 10.3. The average Bonchev–Trinajstić information content (AvgIpc) is 2.26. The van der Waals surface area contributed by atoms with Crippen LogP contribution in [-0.2, 0) is 0 Å². The number of anilines is 1. The summed E-state index contributed by atoms with van der Waals surface area (Å²) in [4.78, 5) is 8.36. The summed E-state index contributed by atoms with van der Waals surface area (Å²) in [6, 6.07) is 0. The summed E-state index contributed by atoms with van der Waals surface area (Å²) in [7, 11) is 0. The molecule has 0 amide bonds. The van der Waals surface area contributed by atoms with Crippen molar-refractivity contribution in [2.24, 2.45) is 0 Å². The zero-order chi connectivity index (χ0) is 10.9. The SMILES string of the molecule is CSCCCCCNc1ncc(I)cn1. The number of hydrogen-bond donors (Lipinski definition) is 1. The summed E-state index contributed by atoms with van der Waals surface area (Å²) >= 11 is 4.11. The van der Waals surface area contributed by atoms with E-state index in [-0.39, 0.29) is 0 Å². The fraction of sp³-hybridized carbons (Fsp3) is 0.600. The van der Waals surface area contributed by atoms with Gasteiger partial charge in [0.05, 0.1) is 0 Å². The third-order valence-electron chi connectivity index (χ3n) is 1.93. The van der Waals surface area contributed by atoms with Crippen molar-refractivity contribution in [2.45, 2.75) is 19.3 Å². The van der Waals surface area contributed by atoms with Gasteiger partial charge >= 0.3 is 0 Å². The van der Waals surface area contributed by atoms with Gasteiger partial charge in [-0.15, -0.1) is 0 Å². The Hall–Kier alpha value is -0.0400. The van der Waals surface area contributed by atoms with Gasteiger partial charge in [-0.05, 0) is 47.4 Å². The molecule has 1 heterocycles. The lowest BCUT2D eigenvalue weighted by atomic mass is 10.2. The summed E-state index contributed by atoms with van der Waals surface area (Å²) in [6.07, 6.45) is 9.56. The second-order valence-electron chi connectivity index (χ2n) is 3.21. The fourth-order valence-electron chi connectivity index (χ4n) is 1.15. The molecule has 1 rings (SSSR count). The van der Waals surface area contributed by atoms with Crippen molar-refractivity contribution in [1.29, 1.82) is 0 Å². The van der Waals surface area contributed by atoms with Gasteiger partial charge in [-0.3, -0.25) is 0 Å². The first-order chi connectivity index (χ1) is 7.33. The lowest BCUT2D eigenvalue weighted by Crippen LogP contribution is -2.05. The average molecular weight is 337 g/mol. The van der Waals surface area contributed by atoms with E-state index in [1.54, 1.807) is 0 Å². The Morgan fingerprint density at radius 3 is 2.67 bits per heavy atom. The number of unbranched alkanes of at least 4 members (excludes halogenated alkanes) is 2. The quantitative estimate of drug-likeness (QED) is 0.613. The Kier molecular flexibility index (Phi) is 7.08. The van der Waals surface area contributed by atoms with E-state index < -0.39 is 0 Å². The predicted octanol–water partition coefficient (Wildman–Crippen LogP) is 3.03. The smallest absolute Gasteiger partial charge is 0.222 e. The highest BCUT2D eigenvalue weighted by Gasteiger charge is 1.94. The topological polar surface area (TPSA) is 37.8 Å². The van der Waals surface area contributed by atoms with Crippen LogP contribution in [0.2, 0.25) is 0 Å². The maximum atomic E-state index is 4.18. The number of nitrogens with one attached hydrogen (secondary N) is 1. The van der Waals surface area contributed by atoms with E-state index in [1.807, 2.05) is 24.2 Å². The molecule has 0 aliphatic carbocycles. The van der Waals surface area contributed by atoms with Crippen molar-refractivity contribution in [1.82, 2.24) is 9.97 Å². The van der Waals surface area contributed by atoms with Gasteiger partial charge in [0.25, 0.3) is 0 Å². The van der Waals surface area contributed by atoms with Crippen LogP contribution in [-0.4, -0.2) is 28.5 Å². The minimum atomic E-state index is 0.736. The molecule has 0 saturated carbocycles. The predicted molar refractivity (Wildman–Crippen MR) is 75.5 cm³/mol. The van der Waals surface area contributed by atoms with E-state index in [1.165, 1.54) is 25.0 Å². The van der Waals surface area contributed by atoms with Crippen LogP contribution in [0.1, 0.15) is 19.3 Å². The Balaban J connectivity index is 2.07.